The number of ether oxygens (including phenoxy) is 3. The maximum absolute atomic E-state index is 11.9. The number of carbonyl (C=O) groups excluding carboxylic acids is 3. The third-order valence-corrected chi connectivity index (χ3v) is 2.57. The van der Waals surface area contributed by atoms with Crippen molar-refractivity contribution in [3.8, 4) is 0 Å². The lowest BCUT2D eigenvalue weighted by molar-refractivity contribution is -0.152. The molecule has 21 heavy (non-hydrogen) atoms. The number of allylic oxidation sites excluding steroid dienone is 2. The molecule has 7 heteroatoms. The highest BCUT2D eigenvalue weighted by molar-refractivity contribution is 5.90. The molecular weight excluding hydrogens is 283 g/mol. The first kappa shape index (κ1) is 16.6. The number of hydrogen-bond donors (Lipinski definition) is 0. The van der Waals surface area contributed by atoms with Crippen molar-refractivity contribution >= 4 is 17.9 Å². The van der Waals surface area contributed by atoms with Gasteiger partial charge in [0.2, 0.25) is 6.86 Å². The Morgan fingerprint density at radius 1 is 1.29 bits per heavy atom. The molecule has 0 aromatic carbocycles. The Hall–Kier alpha value is -2.44. The molecule has 0 bridgehead atoms. The largest absolute Gasteiger partial charge is 0.462 e. The Morgan fingerprint density at radius 3 is 2.67 bits per heavy atom. The molecule has 0 spiro atoms. The number of rotatable bonds is 7. The van der Waals surface area contributed by atoms with Crippen LogP contribution >= 0.6 is 0 Å². The summed E-state index contributed by atoms with van der Waals surface area (Å²) in [7, 11) is 0. The Balaban J connectivity index is 2.37. The van der Waals surface area contributed by atoms with E-state index in [1.165, 1.54) is 12.2 Å². The van der Waals surface area contributed by atoms with Crippen LogP contribution in [-0.2, 0) is 28.6 Å². The summed E-state index contributed by atoms with van der Waals surface area (Å²) < 4.78 is 25.7. The highest BCUT2D eigenvalue weighted by Crippen LogP contribution is 2.21. The van der Waals surface area contributed by atoms with E-state index in [0.717, 1.165) is 6.08 Å². The third kappa shape index (κ3) is 5.60. The van der Waals surface area contributed by atoms with Crippen LogP contribution in [-0.4, -0.2) is 38.0 Å². The van der Waals surface area contributed by atoms with Gasteiger partial charge in [0.25, 0.3) is 0 Å². The molecule has 1 aliphatic rings. The summed E-state index contributed by atoms with van der Waals surface area (Å²) in [5.41, 5.74) is 0.190. The summed E-state index contributed by atoms with van der Waals surface area (Å²) in [6.45, 7) is 1.82. The molecule has 0 saturated carbocycles. The topological polar surface area (TPSA) is 78.9 Å². The highest BCUT2D eigenvalue weighted by Gasteiger charge is 2.24. The first-order valence-corrected chi connectivity index (χ1v) is 6.14. The molecule has 0 aromatic rings. The molecule has 1 rings (SSSR count). The Morgan fingerprint density at radius 2 is 2.00 bits per heavy atom. The van der Waals surface area contributed by atoms with Crippen LogP contribution in [0, 0.1) is 5.92 Å². The molecule has 0 aromatic heterocycles. The van der Waals surface area contributed by atoms with Crippen LogP contribution < -0.4 is 0 Å². The van der Waals surface area contributed by atoms with E-state index in [1.807, 2.05) is 0 Å². The lowest BCUT2D eigenvalue weighted by atomic mass is 9.94. The van der Waals surface area contributed by atoms with Crippen molar-refractivity contribution in [1.82, 2.24) is 0 Å². The van der Waals surface area contributed by atoms with Gasteiger partial charge < -0.3 is 14.2 Å². The second-order valence-electron chi connectivity index (χ2n) is 3.97. The van der Waals surface area contributed by atoms with Crippen molar-refractivity contribution in [2.75, 3.05) is 20.1 Å². The second-order valence-corrected chi connectivity index (χ2v) is 3.97. The number of halogens is 1. The quantitative estimate of drug-likeness (QED) is 0.304. The normalized spacial score (nSPS) is 16.6. The number of carbonyl (C=O) groups is 3. The zero-order valence-electron chi connectivity index (χ0n) is 11.2. The monoisotopic (exact) mass is 298 g/mol. The molecule has 0 heterocycles. The van der Waals surface area contributed by atoms with Crippen molar-refractivity contribution in [3.63, 3.8) is 0 Å². The zero-order chi connectivity index (χ0) is 15.7. The van der Waals surface area contributed by atoms with Gasteiger partial charge in [-0.3, -0.25) is 4.79 Å². The Labute approximate surface area is 120 Å². The summed E-state index contributed by atoms with van der Waals surface area (Å²) in [4.78, 5) is 33.9. The third-order valence-electron chi connectivity index (χ3n) is 2.57. The zero-order valence-corrected chi connectivity index (χ0v) is 11.2. The van der Waals surface area contributed by atoms with E-state index in [4.69, 9.17) is 4.74 Å². The Bertz CT molecular complexity index is 480. The van der Waals surface area contributed by atoms with Gasteiger partial charge in [-0.25, -0.2) is 14.0 Å². The van der Waals surface area contributed by atoms with Crippen LogP contribution in [0.5, 0.6) is 0 Å². The molecule has 0 amide bonds. The van der Waals surface area contributed by atoms with Gasteiger partial charge >= 0.3 is 17.9 Å². The maximum atomic E-state index is 11.9. The number of hydrogen-bond acceptors (Lipinski definition) is 6. The predicted molar refractivity (Wildman–Crippen MR) is 69.5 cm³/mol. The number of alkyl halides is 1. The van der Waals surface area contributed by atoms with E-state index in [0.29, 0.717) is 0 Å². The van der Waals surface area contributed by atoms with Gasteiger partial charge in [0.1, 0.15) is 13.2 Å². The molecule has 0 N–H and O–H groups in total. The minimum atomic E-state index is -1.22. The van der Waals surface area contributed by atoms with Gasteiger partial charge in [-0.05, 0) is 6.42 Å². The summed E-state index contributed by atoms with van der Waals surface area (Å²) in [5.74, 6) is -2.64. The summed E-state index contributed by atoms with van der Waals surface area (Å²) in [6, 6.07) is 0. The van der Waals surface area contributed by atoms with Gasteiger partial charge in [0.15, 0.2) is 0 Å². The van der Waals surface area contributed by atoms with Crippen molar-refractivity contribution < 1.29 is 33.0 Å². The first-order valence-electron chi connectivity index (χ1n) is 6.14. The van der Waals surface area contributed by atoms with E-state index in [-0.39, 0.29) is 25.2 Å². The molecule has 0 radical (unpaired) electrons. The maximum Gasteiger partial charge on any atom is 0.336 e. The lowest BCUT2D eigenvalue weighted by Crippen LogP contribution is -2.22. The van der Waals surface area contributed by atoms with Crippen molar-refractivity contribution in [2.24, 2.45) is 5.92 Å². The van der Waals surface area contributed by atoms with E-state index < -0.39 is 30.7 Å². The highest BCUT2D eigenvalue weighted by atomic mass is 19.1. The van der Waals surface area contributed by atoms with Gasteiger partial charge in [0, 0.05) is 11.6 Å². The van der Waals surface area contributed by atoms with Crippen LogP contribution in [0.15, 0.2) is 36.5 Å². The average Bonchev–Trinajstić information content (AvgIpc) is 2.51. The van der Waals surface area contributed by atoms with Crippen LogP contribution in [0.25, 0.3) is 0 Å². The standard InChI is InChI=1S/C14H15FO6/c1-2-12(16)19-6-7-20-13(17)10-4-3-5-11(8-10)14(18)21-9-15/h2-5,10H,1,6-9H2. The summed E-state index contributed by atoms with van der Waals surface area (Å²) in [5, 5.41) is 0. The van der Waals surface area contributed by atoms with Crippen LogP contribution in [0.4, 0.5) is 4.39 Å². The van der Waals surface area contributed by atoms with E-state index in [1.54, 1.807) is 6.08 Å². The average molecular weight is 298 g/mol. The van der Waals surface area contributed by atoms with Crippen LogP contribution in [0.2, 0.25) is 0 Å². The molecule has 0 aliphatic heterocycles. The van der Waals surface area contributed by atoms with Crippen molar-refractivity contribution in [2.45, 2.75) is 6.42 Å². The molecule has 1 atom stereocenters. The van der Waals surface area contributed by atoms with Crippen molar-refractivity contribution in [1.29, 1.82) is 0 Å². The SMILES string of the molecule is C=CC(=O)OCCOC(=O)C1C=CC=C(C(=O)OCF)C1. The molecule has 1 unspecified atom stereocenters. The molecule has 0 fully saturated rings. The molecule has 114 valence electrons. The number of esters is 3. The predicted octanol–water partition coefficient (Wildman–Crippen LogP) is 1.23. The molecule has 0 saturated heterocycles. The second kappa shape index (κ2) is 8.68. The smallest absolute Gasteiger partial charge is 0.336 e. The van der Waals surface area contributed by atoms with Crippen LogP contribution in [0.1, 0.15) is 6.42 Å². The fourth-order valence-electron chi connectivity index (χ4n) is 1.58. The lowest BCUT2D eigenvalue weighted by Gasteiger charge is -2.16. The van der Waals surface area contributed by atoms with Gasteiger partial charge in [-0.2, -0.15) is 0 Å². The first-order chi connectivity index (χ1) is 10.1. The van der Waals surface area contributed by atoms with E-state index in [2.05, 4.69) is 16.1 Å². The summed E-state index contributed by atoms with van der Waals surface area (Å²) in [6.07, 6.45) is 5.58. The Kier molecular flexibility index (Phi) is 6.86. The minimum Gasteiger partial charge on any atom is -0.462 e. The fourth-order valence-corrected chi connectivity index (χ4v) is 1.58. The molecular formula is C14H15FO6. The van der Waals surface area contributed by atoms with Gasteiger partial charge in [-0.15, -0.1) is 0 Å². The van der Waals surface area contributed by atoms with E-state index >= 15 is 0 Å². The van der Waals surface area contributed by atoms with Gasteiger partial charge in [0.05, 0.1) is 5.92 Å². The summed E-state index contributed by atoms with van der Waals surface area (Å²) >= 11 is 0. The van der Waals surface area contributed by atoms with Crippen molar-refractivity contribution in [3.05, 3.63) is 36.5 Å². The molecule has 6 nitrogen and oxygen atoms in total. The minimum absolute atomic E-state index is 0.0701. The van der Waals surface area contributed by atoms with E-state index in [9.17, 15) is 18.8 Å². The van der Waals surface area contributed by atoms with Crippen LogP contribution in [0.3, 0.4) is 0 Å². The fraction of sp³-hybridized carbons (Fsp3) is 0.357. The van der Waals surface area contributed by atoms with Gasteiger partial charge in [-0.1, -0.05) is 24.8 Å². The molecule has 1 aliphatic carbocycles.